The van der Waals surface area contributed by atoms with Gasteiger partial charge in [0.2, 0.25) is 5.91 Å². The van der Waals surface area contributed by atoms with E-state index >= 15 is 0 Å². The maximum Gasteiger partial charge on any atom is 0.237 e. The Bertz CT molecular complexity index is 840. The van der Waals surface area contributed by atoms with E-state index in [-0.39, 0.29) is 24.4 Å². The highest BCUT2D eigenvalue weighted by molar-refractivity contribution is 5.85. The maximum atomic E-state index is 13.1. The van der Waals surface area contributed by atoms with Crippen LogP contribution in [0, 0.1) is 5.92 Å². The monoisotopic (exact) mass is 416 g/mol. The number of benzene rings is 2. The molecule has 156 valence electrons. The lowest BCUT2D eigenvalue weighted by molar-refractivity contribution is -0.132. The van der Waals surface area contributed by atoms with Gasteiger partial charge in [0, 0.05) is 6.54 Å². The summed E-state index contributed by atoms with van der Waals surface area (Å²) in [4.78, 5) is 15.1. The van der Waals surface area contributed by atoms with Gasteiger partial charge in [0.05, 0.1) is 26.8 Å². The summed E-state index contributed by atoms with van der Waals surface area (Å²) < 4.78 is 11.0. The summed E-state index contributed by atoms with van der Waals surface area (Å²) in [6.45, 7) is 2.03. The Morgan fingerprint density at radius 3 is 2.45 bits per heavy atom. The van der Waals surface area contributed by atoms with E-state index in [4.69, 9.17) is 9.47 Å². The first-order valence-electron chi connectivity index (χ1n) is 10.0. The topological polar surface area (TPSA) is 50.8 Å². The van der Waals surface area contributed by atoms with Crippen LogP contribution in [0.4, 0.5) is 0 Å². The number of halogens is 1. The molecular formula is C23H29ClN2O3. The Morgan fingerprint density at radius 1 is 1.10 bits per heavy atom. The zero-order valence-corrected chi connectivity index (χ0v) is 17.8. The molecule has 1 unspecified atom stereocenters. The van der Waals surface area contributed by atoms with Crippen LogP contribution in [0.2, 0.25) is 0 Å². The Morgan fingerprint density at radius 2 is 1.79 bits per heavy atom. The third-order valence-electron chi connectivity index (χ3n) is 5.72. The maximum absolute atomic E-state index is 13.1. The second kappa shape index (κ2) is 9.51. The lowest BCUT2D eigenvalue weighted by Crippen LogP contribution is -2.44. The van der Waals surface area contributed by atoms with E-state index in [0.717, 1.165) is 35.8 Å². The van der Waals surface area contributed by atoms with Crippen molar-refractivity contribution >= 4 is 18.3 Å². The summed E-state index contributed by atoms with van der Waals surface area (Å²) in [6.07, 6.45) is 3.38. The molecule has 1 fully saturated rings. The zero-order chi connectivity index (χ0) is 19.5. The van der Waals surface area contributed by atoms with Gasteiger partial charge >= 0.3 is 0 Å². The van der Waals surface area contributed by atoms with Crippen molar-refractivity contribution in [2.45, 2.75) is 25.3 Å². The summed E-state index contributed by atoms with van der Waals surface area (Å²) in [6, 6.07) is 14.2. The normalized spacial score (nSPS) is 17.9. The molecule has 0 aromatic heterocycles. The van der Waals surface area contributed by atoms with Crippen molar-refractivity contribution in [3.8, 4) is 11.5 Å². The largest absolute Gasteiger partial charge is 0.493 e. The molecule has 0 saturated heterocycles. The molecule has 1 atom stereocenters. The minimum absolute atomic E-state index is 0. The molecule has 2 aromatic carbocycles. The number of nitrogens with zero attached hydrogens (tertiary/aromatic N) is 1. The second-order valence-electron chi connectivity index (χ2n) is 7.63. The first-order valence-corrected chi connectivity index (χ1v) is 10.0. The molecule has 29 heavy (non-hydrogen) atoms. The Labute approximate surface area is 178 Å². The number of methoxy groups -OCH3 is 2. The molecule has 2 aromatic rings. The number of ether oxygens (including phenoxy) is 2. The number of fused-ring (bicyclic) bond motifs is 1. The SMILES string of the molecule is COc1cc2c(cc1OC)C(c1ccccc1)N(C(=O)CNCC1CC1)CC2.Cl. The van der Waals surface area contributed by atoms with Gasteiger partial charge in [0.25, 0.3) is 0 Å². The first-order chi connectivity index (χ1) is 13.7. The van der Waals surface area contributed by atoms with Crippen LogP contribution in [0.1, 0.15) is 35.6 Å². The fourth-order valence-electron chi connectivity index (χ4n) is 4.02. The smallest absolute Gasteiger partial charge is 0.237 e. The van der Waals surface area contributed by atoms with Crippen LogP contribution >= 0.6 is 12.4 Å². The van der Waals surface area contributed by atoms with Crippen LogP contribution in [0.5, 0.6) is 11.5 Å². The molecule has 4 rings (SSSR count). The zero-order valence-electron chi connectivity index (χ0n) is 17.0. The van der Waals surface area contributed by atoms with Crippen LogP contribution in [0.3, 0.4) is 0 Å². The molecule has 1 saturated carbocycles. The predicted octanol–water partition coefficient (Wildman–Crippen LogP) is 3.60. The third-order valence-corrected chi connectivity index (χ3v) is 5.72. The van der Waals surface area contributed by atoms with Gasteiger partial charge in [-0.3, -0.25) is 4.79 Å². The average Bonchev–Trinajstić information content (AvgIpc) is 3.56. The molecule has 0 spiro atoms. The summed E-state index contributed by atoms with van der Waals surface area (Å²) in [5.41, 5.74) is 3.44. The Balaban J connectivity index is 0.00000240. The molecule has 1 aliphatic heterocycles. The standard InChI is InChI=1S/C23H28N2O3.ClH/c1-27-20-12-18-10-11-25(22(26)15-24-14-16-8-9-16)23(17-6-4-3-5-7-17)19(18)13-21(20)28-2;/h3-7,12-13,16,23-24H,8-11,14-15H2,1-2H3;1H. The lowest BCUT2D eigenvalue weighted by atomic mass is 9.87. The highest BCUT2D eigenvalue weighted by atomic mass is 35.5. The molecule has 0 bridgehead atoms. The van der Waals surface area contributed by atoms with Gasteiger partial charge in [-0.15, -0.1) is 12.4 Å². The van der Waals surface area contributed by atoms with Crippen molar-refractivity contribution in [1.82, 2.24) is 10.2 Å². The number of hydrogen-bond acceptors (Lipinski definition) is 4. The molecule has 0 radical (unpaired) electrons. The second-order valence-corrected chi connectivity index (χ2v) is 7.63. The number of nitrogens with one attached hydrogen (secondary N) is 1. The fourth-order valence-corrected chi connectivity index (χ4v) is 4.02. The highest BCUT2D eigenvalue weighted by Crippen LogP contribution is 2.41. The number of carbonyl (C=O) groups excluding carboxylic acids is 1. The molecule has 1 heterocycles. The van der Waals surface area contributed by atoms with E-state index in [1.54, 1.807) is 14.2 Å². The van der Waals surface area contributed by atoms with Crippen LogP contribution in [-0.4, -0.2) is 44.7 Å². The van der Waals surface area contributed by atoms with Gasteiger partial charge < -0.3 is 19.7 Å². The van der Waals surface area contributed by atoms with E-state index in [9.17, 15) is 4.79 Å². The van der Waals surface area contributed by atoms with Crippen molar-refractivity contribution in [1.29, 1.82) is 0 Å². The van der Waals surface area contributed by atoms with Gasteiger partial charge in [0.1, 0.15) is 0 Å². The number of amides is 1. The van der Waals surface area contributed by atoms with E-state index in [0.29, 0.717) is 18.8 Å². The Hall–Kier alpha value is -2.24. The summed E-state index contributed by atoms with van der Waals surface area (Å²) in [5.74, 6) is 2.34. The molecule has 2 aliphatic rings. The quantitative estimate of drug-likeness (QED) is 0.749. The minimum Gasteiger partial charge on any atom is -0.493 e. The molecule has 1 aliphatic carbocycles. The van der Waals surface area contributed by atoms with E-state index in [1.165, 1.54) is 18.4 Å². The number of carbonyl (C=O) groups is 1. The van der Waals surface area contributed by atoms with E-state index in [2.05, 4.69) is 23.5 Å². The molecule has 5 nitrogen and oxygen atoms in total. The van der Waals surface area contributed by atoms with Crippen LogP contribution < -0.4 is 14.8 Å². The molecule has 1 amide bonds. The highest BCUT2D eigenvalue weighted by Gasteiger charge is 2.33. The van der Waals surface area contributed by atoms with Crippen molar-refractivity contribution < 1.29 is 14.3 Å². The van der Waals surface area contributed by atoms with Gasteiger partial charge in [-0.05, 0) is 60.5 Å². The van der Waals surface area contributed by atoms with Crippen molar-refractivity contribution in [3.05, 3.63) is 59.2 Å². The number of hydrogen-bond donors (Lipinski definition) is 1. The predicted molar refractivity (Wildman–Crippen MR) is 116 cm³/mol. The van der Waals surface area contributed by atoms with Crippen LogP contribution in [0.25, 0.3) is 0 Å². The third kappa shape index (κ3) is 4.68. The minimum atomic E-state index is -0.111. The average molecular weight is 417 g/mol. The van der Waals surface area contributed by atoms with Crippen molar-refractivity contribution in [2.24, 2.45) is 5.92 Å². The molecule has 1 N–H and O–H groups in total. The molecule has 6 heteroatoms. The van der Waals surface area contributed by atoms with Crippen molar-refractivity contribution in [2.75, 3.05) is 33.9 Å². The molecular weight excluding hydrogens is 388 g/mol. The van der Waals surface area contributed by atoms with Crippen LogP contribution in [0.15, 0.2) is 42.5 Å². The fraction of sp³-hybridized carbons (Fsp3) is 0.435. The van der Waals surface area contributed by atoms with Gasteiger partial charge in [0.15, 0.2) is 11.5 Å². The number of rotatable bonds is 7. The van der Waals surface area contributed by atoms with Crippen LogP contribution in [-0.2, 0) is 11.2 Å². The van der Waals surface area contributed by atoms with E-state index < -0.39 is 0 Å². The van der Waals surface area contributed by atoms with Crippen molar-refractivity contribution in [3.63, 3.8) is 0 Å². The Kier molecular flexibility index (Phi) is 7.04. The van der Waals surface area contributed by atoms with Gasteiger partial charge in [-0.25, -0.2) is 0 Å². The lowest BCUT2D eigenvalue weighted by Gasteiger charge is -2.38. The first kappa shape index (κ1) is 21.5. The summed E-state index contributed by atoms with van der Waals surface area (Å²) in [5, 5.41) is 3.35. The summed E-state index contributed by atoms with van der Waals surface area (Å²) >= 11 is 0. The van der Waals surface area contributed by atoms with Gasteiger partial charge in [-0.1, -0.05) is 30.3 Å². The van der Waals surface area contributed by atoms with E-state index in [1.807, 2.05) is 29.2 Å². The van der Waals surface area contributed by atoms with Gasteiger partial charge in [-0.2, -0.15) is 0 Å². The summed E-state index contributed by atoms with van der Waals surface area (Å²) in [7, 11) is 3.30.